The molecule has 1 fully saturated rings. The molecule has 1 heterocycles. The van der Waals surface area contributed by atoms with Crippen molar-refractivity contribution in [1.29, 1.82) is 0 Å². The summed E-state index contributed by atoms with van der Waals surface area (Å²) in [4.78, 5) is 40.8. The molecule has 2 aromatic carbocycles. The Morgan fingerprint density at radius 3 is 2.30 bits per heavy atom. The average molecular weight is 455 g/mol. The van der Waals surface area contributed by atoms with Crippen molar-refractivity contribution in [3.05, 3.63) is 65.7 Å². The molecule has 3 atom stereocenters. The molecular formula is C25H30N2O6. The van der Waals surface area contributed by atoms with Gasteiger partial charge in [-0.05, 0) is 36.6 Å². The molecule has 1 amide bonds. The highest BCUT2D eigenvalue weighted by atomic mass is 16.5. The molecule has 8 heteroatoms. The van der Waals surface area contributed by atoms with Crippen LogP contribution in [0.25, 0.3) is 0 Å². The summed E-state index contributed by atoms with van der Waals surface area (Å²) >= 11 is 0. The van der Waals surface area contributed by atoms with Crippen molar-refractivity contribution in [3.63, 3.8) is 0 Å². The summed E-state index contributed by atoms with van der Waals surface area (Å²) in [6.45, 7) is 1.94. The first kappa shape index (κ1) is 24.3. The van der Waals surface area contributed by atoms with Gasteiger partial charge in [-0.15, -0.1) is 0 Å². The number of hydrogen-bond acceptors (Lipinski definition) is 7. The largest absolute Gasteiger partial charge is 0.497 e. The van der Waals surface area contributed by atoms with E-state index < -0.39 is 29.9 Å². The van der Waals surface area contributed by atoms with Gasteiger partial charge in [0.05, 0.1) is 27.4 Å². The Bertz CT molecular complexity index is 947. The molecule has 0 radical (unpaired) electrons. The third kappa shape index (κ3) is 5.90. The Hall–Kier alpha value is -3.39. The van der Waals surface area contributed by atoms with Crippen LogP contribution in [0.4, 0.5) is 0 Å². The van der Waals surface area contributed by atoms with E-state index in [0.717, 1.165) is 11.1 Å². The van der Waals surface area contributed by atoms with Crippen molar-refractivity contribution < 1.29 is 28.6 Å². The van der Waals surface area contributed by atoms with E-state index in [-0.39, 0.29) is 25.6 Å². The van der Waals surface area contributed by atoms with E-state index in [9.17, 15) is 14.4 Å². The zero-order valence-corrected chi connectivity index (χ0v) is 19.2. The Morgan fingerprint density at radius 1 is 1.00 bits per heavy atom. The number of ether oxygens (including phenoxy) is 3. The standard InChI is InChI=1S/C25H30N2O6/c1-4-33-25(30)23-22(24(29)32-3)20(14-17-8-6-5-7-9-17)26-15-21(28)27(23)16-18-10-12-19(31-2)13-11-18/h5-13,20,22-23,26H,4,14-16H2,1-3H3/t20-,22?,23+/m0/s1. The maximum Gasteiger partial charge on any atom is 0.329 e. The van der Waals surface area contributed by atoms with Crippen molar-refractivity contribution in [3.8, 4) is 5.75 Å². The van der Waals surface area contributed by atoms with Crippen LogP contribution in [0.3, 0.4) is 0 Å². The number of benzene rings is 2. The molecular weight excluding hydrogens is 424 g/mol. The van der Waals surface area contributed by atoms with Crippen molar-refractivity contribution >= 4 is 17.8 Å². The summed E-state index contributed by atoms with van der Waals surface area (Å²) in [5.74, 6) is -1.76. The lowest BCUT2D eigenvalue weighted by Crippen LogP contribution is -2.54. The highest BCUT2D eigenvalue weighted by Gasteiger charge is 2.48. The van der Waals surface area contributed by atoms with Crippen molar-refractivity contribution in [1.82, 2.24) is 10.2 Å². The first-order valence-electron chi connectivity index (χ1n) is 10.9. The quantitative estimate of drug-likeness (QED) is 0.610. The van der Waals surface area contributed by atoms with E-state index in [1.165, 1.54) is 12.0 Å². The van der Waals surface area contributed by atoms with Gasteiger partial charge in [-0.2, -0.15) is 0 Å². The Balaban J connectivity index is 2.00. The summed E-state index contributed by atoms with van der Waals surface area (Å²) in [5.41, 5.74) is 1.77. The van der Waals surface area contributed by atoms with Gasteiger partial charge in [-0.1, -0.05) is 42.5 Å². The fourth-order valence-corrected chi connectivity index (χ4v) is 4.13. The first-order valence-corrected chi connectivity index (χ1v) is 10.9. The van der Waals surface area contributed by atoms with Gasteiger partial charge in [0.15, 0.2) is 0 Å². The minimum atomic E-state index is -1.13. The molecule has 1 aliphatic rings. The van der Waals surface area contributed by atoms with Crippen LogP contribution >= 0.6 is 0 Å². The topological polar surface area (TPSA) is 94.2 Å². The predicted molar refractivity (Wildman–Crippen MR) is 121 cm³/mol. The lowest BCUT2D eigenvalue weighted by atomic mass is 9.86. The highest BCUT2D eigenvalue weighted by molar-refractivity contribution is 5.91. The monoisotopic (exact) mass is 454 g/mol. The maximum absolute atomic E-state index is 13.2. The molecule has 0 spiro atoms. The molecule has 2 aromatic rings. The van der Waals surface area contributed by atoms with Crippen LogP contribution in [0, 0.1) is 5.92 Å². The molecule has 1 aliphatic heterocycles. The smallest absolute Gasteiger partial charge is 0.329 e. The lowest BCUT2D eigenvalue weighted by Gasteiger charge is -2.34. The molecule has 0 saturated carbocycles. The normalized spacial score (nSPS) is 20.6. The average Bonchev–Trinajstić information content (AvgIpc) is 2.97. The van der Waals surface area contributed by atoms with E-state index in [0.29, 0.717) is 12.2 Å². The van der Waals surface area contributed by atoms with Crippen LogP contribution in [0.15, 0.2) is 54.6 Å². The van der Waals surface area contributed by atoms with Crippen molar-refractivity contribution in [2.45, 2.75) is 32.0 Å². The number of carbonyl (C=O) groups excluding carboxylic acids is 3. The molecule has 1 saturated heterocycles. The number of nitrogens with zero attached hydrogens (tertiary/aromatic N) is 1. The van der Waals surface area contributed by atoms with Gasteiger partial charge < -0.3 is 24.4 Å². The molecule has 0 bridgehead atoms. The Labute approximate surface area is 193 Å². The first-order chi connectivity index (χ1) is 16.0. The zero-order valence-electron chi connectivity index (χ0n) is 19.2. The fraction of sp³-hybridized carbons (Fsp3) is 0.400. The van der Waals surface area contributed by atoms with Gasteiger partial charge in [-0.3, -0.25) is 9.59 Å². The molecule has 33 heavy (non-hydrogen) atoms. The van der Waals surface area contributed by atoms with Gasteiger partial charge in [0.25, 0.3) is 0 Å². The second-order valence-corrected chi connectivity index (χ2v) is 7.79. The van der Waals surface area contributed by atoms with Gasteiger partial charge in [0.2, 0.25) is 5.91 Å². The van der Waals surface area contributed by atoms with E-state index in [1.54, 1.807) is 26.2 Å². The minimum Gasteiger partial charge on any atom is -0.497 e. The van der Waals surface area contributed by atoms with Crippen LogP contribution in [-0.4, -0.2) is 62.2 Å². The number of methoxy groups -OCH3 is 2. The van der Waals surface area contributed by atoms with Crippen LogP contribution in [0.1, 0.15) is 18.1 Å². The number of esters is 2. The van der Waals surface area contributed by atoms with Crippen LogP contribution in [0.2, 0.25) is 0 Å². The SMILES string of the molecule is CCOC(=O)[C@H]1C(C(=O)OC)[C@H](Cc2ccccc2)NCC(=O)N1Cc1ccc(OC)cc1. The molecule has 1 N–H and O–H groups in total. The number of carbonyl (C=O) groups is 3. The van der Waals surface area contributed by atoms with E-state index in [1.807, 2.05) is 42.5 Å². The van der Waals surface area contributed by atoms with Crippen LogP contribution in [0.5, 0.6) is 5.75 Å². The Morgan fingerprint density at radius 2 is 1.70 bits per heavy atom. The highest BCUT2D eigenvalue weighted by Crippen LogP contribution is 2.27. The molecule has 3 rings (SSSR count). The van der Waals surface area contributed by atoms with E-state index in [4.69, 9.17) is 14.2 Å². The molecule has 176 valence electrons. The van der Waals surface area contributed by atoms with Gasteiger partial charge in [-0.25, -0.2) is 4.79 Å². The summed E-state index contributed by atoms with van der Waals surface area (Å²) in [6.07, 6.45) is 0.445. The molecule has 0 aromatic heterocycles. The fourth-order valence-electron chi connectivity index (χ4n) is 4.13. The third-order valence-electron chi connectivity index (χ3n) is 5.76. The number of nitrogens with one attached hydrogen (secondary N) is 1. The zero-order chi connectivity index (χ0) is 23.8. The Kier molecular flexibility index (Phi) is 8.43. The van der Waals surface area contributed by atoms with Crippen LogP contribution < -0.4 is 10.1 Å². The van der Waals surface area contributed by atoms with Crippen LogP contribution in [-0.2, 0) is 36.8 Å². The predicted octanol–water partition coefficient (Wildman–Crippen LogP) is 1.96. The number of hydrogen-bond donors (Lipinski definition) is 1. The van der Waals surface area contributed by atoms with Gasteiger partial charge in [0, 0.05) is 12.6 Å². The second kappa shape index (κ2) is 11.5. The maximum atomic E-state index is 13.2. The van der Waals surface area contributed by atoms with Crippen molar-refractivity contribution in [2.24, 2.45) is 5.92 Å². The van der Waals surface area contributed by atoms with E-state index >= 15 is 0 Å². The van der Waals surface area contributed by atoms with Gasteiger partial charge in [0.1, 0.15) is 17.7 Å². The molecule has 1 unspecified atom stereocenters. The lowest BCUT2D eigenvalue weighted by molar-refractivity contribution is -0.164. The van der Waals surface area contributed by atoms with Gasteiger partial charge >= 0.3 is 11.9 Å². The summed E-state index contributed by atoms with van der Waals surface area (Å²) in [6, 6.07) is 15.2. The second-order valence-electron chi connectivity index (χ2n) is 7.79. The summed E-state index contributed by atoms with van der Waals surface area (Å²) in [5, 5.41) is 3.19. The van der Waals surface area contributed by atoms with E-state index in [2.05, 4.69) is 5.32 Å². The van der Waals surface area contributed by atoms with Crippen molar-refractivity contribution in [2.75, 3.05) is 27.4 Å². The minimum absolute atomic E-state index is 0.0168. The molecule has 0 aliphatic carbocycles. The summed E-state index contributed by atoms with van der Waals surface area (Å²) in [7, 11) is 2.86. The molecule has 8 nitrogen and oxygen atoms in total. The number of rotatable bonds is 8. The summed E-state index contributed by atoms with van der Waals surface area (Å²) < 4.78 is 15.6. The number of amides is 1. The third-order valence-corrected chi connectivity index (χ3v) is 5.76.